The molecule has 1 saturated carbocycles. The summed E-state index contributed by atoms with van der Waals surface area (Å²) < 4.78 is 43.9. The zero-order chi connectivity index (χ0) is 27.7. The quantitative estimate of drug-likeness (QED) is 0.206. The van der Waals surface area contributed by atoms with Crippen LogP contribution < -0.4 is 21.1 Å². The van der Waals surface area contributed by atoms with Gasteiger partial charge in [0.1, 0.15) is 17.0 Å². The molecule has 0 aliphatic heterocycles. The molecule has 39 heavy (non-hydrogen) atoms. The number of hydrogen-bond acceptors (Lipinski definition) is 8. The predicted octanol–water partition coefficient (Wildman–Crippen LogP) is 5.87. The number of carbonyl (C=O) groups excluding carboxylic acids is 1. The summed E-state index contributed by atoms with van der Waals surface area (Å²) in [5.41, 5.74) is 5.80. The molecule has 2 aromatic carbocycles. The minimum Gasteiger partial charge on any atom is -0.366 e. The Morgan fingerprint density at radius 2 is 1.79 bits per heavy atom. The van der Waals surface area contributed by atoms with E-state index >= 15 is 4.39 Å². The van der Waals surface area contributed by atoms with Crippen LogP contribution in [-0.4, -0.2) is 36.4 Å². The van der Waals surface area contributed by atoms with E-state index in [4.69, 9.17) is 28.9 Å². The summed E-state index contributed by atoms with van der Waals surface area (Å²) in [6, 6.07) is 8.61. The van der Waals surface area contributed by atoms with Crippen molar-refractivity contribution < 1.29 is 17.6 Å². The number of thiophene rings is 1. The first kappa shape index (κ1) is 27.5. The summed E-state index contributed by atoms with van der Waals surface area (Å²) in [6.45, 7) is 0. The molecule has 1 aliphatic rings. The summed E-state index contributed by atoms with van der Waals surface area (Å²) in [6.07, 6.45) is 5.04. The van der Waals surface area contributed by atoms with Gasteiger partial charge in [0, 0.05) is 17.5 Å². The Kier molecular flexibility index (Phi) is 7.92. The lowest BCUT2D eigenvalue weighted by Crippen LogP contribution is -2.33. The fraction of sp³-hybridized carbons (Fsp3) is 0.240. The van der Waals surface area contributed by atoms with E-state index in [0.29, 0.717) is 16.0 Å². The summed E-state index contributed by atoms with van der Waals surface area (Å²) >= 11 is 13.5. The van der Waals surface area contributed by atoms with Crippen LogP contribution in [0.4, 0.5) is 21.6 Å². The molecule has 0 spiro atoms. The Balaban J connectivity index is 1.39. The van der Waals surface area contributed by atoms with Gasteiger partial charge in [0.15, 0.2) is 5.82 Å². The van der Waals surface area contributed by atoms with E-state index < -0.39 is 27.4 Å². The molecule has 204 valence electrons. The molecule has 1 fully saturated rings. The number of nitrogens with one attached hydrogen (secondary N) is 3. The van der Waals surface area contributed by atoms with Gasteiger partial charge >= 0.3 is 0 Å². The number of rotatable bonds is 7. The number of fused-ring (bicyclic) bond motifs is 1. The van der Waals surface area contributed by atoms with Crippen molar-refractivity contribution in [2.24, 2.45) is 5.73 Å². The molecule has 5 N–H and O–H groups in total. The van der Waals surface area contributed by atoms with Crippen LogP contribution in [0, 0.1) is 5.82 Å². The Morgan fingerprint density at radius 3 is 2.54 bits per heavy atom. The van der Waals surface area contributed by atoms with Crippen molar-refractivity contribution in [3.8, 4) is 0 Å². The SMILES string of the molecule is NC1CCC(Nc2ncnc3c(C(=O)Nc4c(Cl)ccc(NS(=O)(=O)c5ccccc5Cl)c4F)csc23)CC1. The third-order valence-electron chi connectivity index (χ3n) is 6.41. The van der Waals surface area contributed by atoms with Gasteiger partial charge in [-0.1, -0.05) is 35.3 Å². The Hall–Kier alpha value is -3.03. The molecule has 9 nitrogen and oxygen atoms in total. The third kappa shape index (κ3) is 5.80. The van der Waals surface area contributed by atoms with Crippen LogP contribution in [0.5, 0.6) is 0 Å². The van der Waals surface area contributed by atoms with Crippen molar-refractivity contribution in [3.05, 3.63) is 69.5 Å². The molecule has 0 saturated heterocycles. The maximum Gasteiger partial charge on any atom is 0.263 e. The first-order chi connectivity index (χ1) is 18.6. The number of amides is 1. The molecule has 0 unspecified atom stereocenters. The lowest BCUT2D eigenvalue weighted by atomic mass is 9.92. The summed E-state index contributed by atoms with van der Waals surface area (Å²) in [4.78, 5) is 21.6. The molecule has 4 aromatic rings. The van der Waals surface area contributed by atoms with Crippen LogP contribution in [0.15, 0.2) is 53.0 Å². The zero-order valence-corrected chi connectivity index (χ0v) is 23.4. The topological polar surface area (TPSA) is 139 Å². The van der Waals surface area contributed by atoms with Gasteiger partial charge in [-0.15, -0.1) is 11.3 Å². The average Bonchev–Trinajstić information content (AvgIpc) is 3.35. The molecule has 1 aliphatic carbocycles. The lowest BCUT2D eigenvalue weighted by Gasteiger charge is -2.27. The van der Waals surface area contributed by atoms with Gasteiger partial charge < -0.3 is 16.4 Å². The molecule has 1 amide bonds. The van der Waals surface area contributed by atoms with Gasteiger partial charge in [0.05, 0.1) is 37.2 Å². The van der Waals surface area contributed by atoms with Crippen LogP contribution in [0.2, 0.25) is 10.0 Å². The standard InChI is InChI=1S/C25H23Cl2FN6O3S2/c26-16-3-1-2-4-19(16)39(36,37)34-18-10-9-17(27)22(20(18)28)33-25(35)15-11-38-23-21(15)30-12-31-24(23)32-14-7-5-13(29)6-8-14/h1-4,9-14,34H,5-8,29H2,(H,33,35)(H,30,31,32). The van der Waals surface area contributed by atoms with E-state index in [1.54, 1.807) is 11.4 Å². The second kappa shape index (κ2) is 11.2. The van der Waals surface area contributed by atoms with Crippen molar-refractivity contribution in [3.63, 3.8) is 0 Å². The van der Waals surface area contributed by atoms with E-state index in [1.165, 1.54) is 41.9 Å². The van der Waals surface area contributed by atoms with Gasteiger partial charge in [-0.2, -0.15) is 0 Å². The predicted molar refractivity (Wildman–Crippen MR) is 153 cm³/mol. The first-order valence-corrected chi connectivity index (χ1v) is 15.1. The number of nitrogens with two attached hydrogens (primary N) is 1. The van der Waals surface area contributed by atoms with E-state index in [-0.39, 0.29) is 38.3 Å². The van der Waals surface area contributed by atoms with Crippen LogP contribution in [0.1, 0.15) is 36.0 Å². The highest BCUT2D eigenvalue weighted by atomic mass is 35.5. The molecular weight excluding hydrogens is 586 g/mol. The summed E-state index contributed by atoms with van der Waals surface area (Å²) in [5, 5.41) is 7.35. The Bertz CT molecular complexity index is 1660. The Morgan fingerprint density at radius 1 is 1.05 bits per heavy atom. The molecule has 0 atom stereocenters. The van der Waals surface area contributed by atoms with Crippen molar-refractivity contribution in [2.75, 3.05) is 15.4 Å². The van der Waals surface area contributed by atoms with Gasteiger partial charge in [-0.05, 0) is 49.9 Å². The second-order valence-corrected chi connectivity index (χ2v) is 12.4. The fourth-order valence-electron chi connectivity index (χ4n) is 4.36. The molecule has 2 aromatic heterocycles. The molecule has 5 rings (SSSR count). The summed E-state index contributed by atoms with van der Waals surface area (Å²) in [5.74, 6) is -1.11. The van der Waals surface area contributed by atoms with E-state index in [2.05, 4.69) is 25.3 Å². The van der Waals surface area contributed by atoms with Crippen molar-refractivity contribution in [1.82, 2.24) is 9.97 Å². The molecule has 0 bridgehead atoms. The summed E-state index contributed by atoms with van der Waals surface area (Å²) in [7, 11) is -4.22. The lowest BCUT2D eigenvalue weighted by molar-refractivity contribution is 0.102. The molecule has 2 heterocycles. The fourth-order valence-corrected chi connectivity index (χ4v) is 7.09. The highest BCUT2D eigenvalue weighted by Crippen LogP contribution is 2.35. The van der Waals surface area contributed by atoms with E-state index in [0.717, 1.165) is 31.7 Å². The zero-order valence-electron chi connectivity index (χ0n) is 20.2. The van der Waals surface area contributed by atoms with Crippen molar-refractivity contribution in [1.29, 1.82) is 0 Å². The number of anilines is 3. The van der Waals surface area contributed by atoms with Crippen LogP contribution in [0.3, 0.4) is 0 Å². The van der Waals surface area contributed by atoms with Crippen LogP contribution in [-0.2, 0) is 10.0 Å². The maximum absolute atomic E-state index is 15.4. The number of nitrogens with zero attached hydrogens (tertiary/aromatic N) is 2. The first-order valence-electron chi connectivity index (χ1n) is 11.9. The van der Waals surface area contributed by atoms with Gasteiger partial charge in [-0.25, -0.2) is 22.8 Å². The van der Waals surface area contributed by atoms with E-state index in [1.807, 2.05) is 0 Å². The minimum atomic E-state index is -4.22. The highest BCUT2D eigenvalue weighted by Gasteiger charge is 2.25. The van der Waals surface area contributed by atoms with E-state index in [9.17, 15) is 13.2 Å². The Labute approximate surface area is 238 Å². The largest absolute Gasteiger partial charge is 0.366 e. The maximum atomic E-state index is 15.4. The van der Waals surface area contributed by atoms with Gasteiger partial charge in [-0.3, -0.25) is 9.52 Å². The second-order valence-electron chi connectivity index (χ2n) is 9.08. The monoisotopic (exact) mass is 608 g/mol. The minimum absolute atomic E-state index is 0.0276. The molecule has 0 radical (unpaired) electrons. The van der Waals surface area contributed by atoms with Gasteiger partial charge in [0.25, 0.3) is 15.9 Å². The molecular formula is C25H23Cl2FN6O3S2. The molecule has 14 heteroatoms. The smallest absolute Gasteiger partial charge is 0.263 e. The number of carbonyl (C=O) groups is 1. The van der Waals surface area contributed by atoms with Gasteiger partial charge in [0.2, 0.25) is 0 Å². The van der Waals surface area contributed by atoms with Crippen molar-refractivity contribution in [2.45, 2.75) is 42.7 Å². The number of hydrogen-bond donors (Lipinski definition) is 4. The van der Waals surface area contributed by atoms with Crippen LogP contribution >= 0.6 is 34.5 Å². The average molecular weight is 610 g/mol. The number of benzene rings is 2. The third-order valence-corrected chi connectivity index (χ3v) is 9.57. The number of sulfonamides is 1. The highest BCUT2D eigenvalue weighted by molar-refractivity contribution is 7.92. The van der Waals surface area contributed by atoms with Crippen molar-refractivity contribution >= 4 is 77.9 Å². The normalized spacial score (nSPS) is 17.6. The number of aromatic nitrogens is 2. The number of halogens is 3. The van der Waals surface area contributed by atoms with Crippen LogP contribution in [0.25, 0.3) is 10.2 Å².